The third-order valence-corrected chi connectivity index (χ3v) is 8.10. The molecule has 4 aromatic rings. The van der Waals surface area contributed by atoms with Crippen LogP contribution in [0.3, 0.4) is 0 Å². The first-order chi connectivity index (χ1) is 19.3. The minimum absolute atomic E-state index is 0.00674. The Morgan fingerprint density at radius 2 is 1.60 bits per heavy atom. The van der Waals surface area contributed by atoms with Gasteiger partial charge in [-0.2, -0.15) is 9.57 Å². The van der Waals surface area contributed by atoms with E-state index < -0.39 is 34.7 Å². The number of carbonyl (C=O) groups excluding carboxylic acids is 1. The number of carbonyl (C=O) groups is 1. The minimum Gasteiger partial charge on any atom is -0.394 e. The number of hydrogen-bond donors (Lipinski definition) is 3. The summed E-state index contributed by atoms with van der Waals surface area (Å²) >= 11 is 0. The number of aliphatic hydroxyl groups is 2. The molecule has 1 aromatic heterocycles. The van der Waals surface area contributed by atoms with Crippen LogP contribution in [0.5, 0.6) is 0 Å². The zero-order valence-corrected chi connectivity index (χ0v) is 22.3. The highest BCUT2D eigenvalue weighted by atomic mass is 32.2. The molecule has 10 heteroatoms. The zero-order valence-electron chi connectivity index (χ0n) is 21.5. The van der Waals surface area contributed by atoms with Crippen LogP contribution in [0.4, 0.5) is 0 Å². The van der Waals surface area contributed by atoms with Crippen LogP contribution >= 0.6 is 0 Å². The molecule has 204 valence electrons. The lowest BCUT2D eigenvalue weighted by Crippen LogP contribution is -2.42. The summed E-state index contributed by atoms with van der Waals surface area (Å²) in [6.45, 7) is -0.441. The van der Waals surface area contributed by atoms with E-state index in [-0.39, 0.29) is 23.5 Å². The number of amides is 1. The molecule has 0 aliphatic heterocycles. The van der Waals surface area contributed by atoms with Crippen LogP contribution in [0.1, 0.15) is 38.8 Å². The van der Waals surface area contributed by atoms with Gasteiger partial charge in [0.25, 0.3) is 5.91 Å². The largest absolute Gasteiger partial charge is 0.394 e. The summed E-state index contributed by atoms with van der Waals surface area (Å²) in [6.07, 6.45) is 0.492. The fraction of sp³-hybridized carbons (Fsp3) is 0.167. The maximum absolute atomic E-state index is 13.6. The number of hydrogen-bond acceptors (Lipinski definition) is 7. The number of nitrogens with zero attached hydrogens (tertiary/aromatic N) is 3. The number of sulfonamides is 1. The topological polar surface area (TPSA) is 144 Å². The molecule has 0 aliphatic rings. The molecular formula is C30H28N4O5S. The monoisotopic (exact) mass is 556 g/mol. The van der Waals surface area contributed by atoms with Crippen molar-refractivity contribution < 1.29 is 23.4 Å². The van der Waals surface area contributed by atoms with Crippen LogP contribution in [-0.4, -0.2) is 46.5 Å². The summed E-state index contributed by atoms with van der Waals surface area (Å²) in [5, 5.41) is 32.1. The number of pyridine rings is 1. The van der Waals surface area contributed by atoms with Crippen molar-refractivity contribution in [1.82, 2.24) is 14.6 Å². The van der Waals surface area contributed by atoms with Crippen molar-refractivity contribution in [3.8, 4) is 6.07 Å². The molecule has 4 rings (SSSR count). The normalized spacial score (nSPS) is 12.8. The Kier molecular flexibility index (Phi) is 9.37. The Balaban J connectivity index is 1.52. The van der Waals surface area contributed by atoms with Crippen LogP contribution in [0.15, 0.2) is 108 Å². The van der Waals surface area contributed by atoms with E-state index in [0.29, 0.717) is 22.4 Å². The Labute approximate surface area is 233 Å². The van der Waals surface area contributed by atoms with Crippen LogP contribution in [0.2, 0.25) is 0 Å². The first-order valence-electron chi connectivity index (χ1n) is 12.5. The molecule has 0 radical (unpaired) electrons. The summed E-state index contributed by atoms with van der Waals surface area (Å²) < 4.78 is 28.4. The van der Waals surface area contributed by atoms with E-state index in [2.05, 4.69) is 10.3 Å². The molecule has 0 saturated heterocycles. The molecule has 0 fully saturated rings. The third-order valence-electron chi connectivity index (χ3n) is 6.30. The fourth-order valence-electron chi connectivity index (χ4n) is 4.07. The van der Waals surface area contributed by atoms with Gasteiger partial charge in [0.05, 0.1) is 41.4 Å². The Morgan fingerprint density at radius 1 is 0.925 bits per heavy atom. The zero-order chi connectivity index (χ0) is 28.5. The van der Waals surface area contributed by atoms with Gasteiger partial charge in [-0.1, -0.05) is 48.5 Å². The number of benzene rings is 3. The van der Waals surface area contributed by atoms with Crippen LogP contribution in [-0.2, 0) is 23.1 Å². The van der Waals surface area contributed by atoms with Crippen molar-refractivity contribution in [2.75, 3.05) is 6.61 Å². The van der Waals surface area contributed by atoms with Crippen LogP contribution in [0, 0.1) is 11.3 Å². The molecule has 40 heavy (non-hydrogen) atoms. The summed E-state index contributed by atoms with van der Waals surface area (Å²) in [7, 11) is -3.96. The highest BCUT2D eigenvalue weighted by Crippen LogP contribution is 2.22. The highest BCUT2D eigenvalue weighted by Gasteiger charge is 2.26. The maximum Gasteiger partial charge on any atom is 0.251 e. The van der Waals surface area contributed by atoms with Crippen LogP contribution in [0.25, 0.3) is 0 Å². The van der Waals surface area contributed by atoms with Crippen LogP contribution < -0.4 is 5.32 Å². The van der Waals surface area contributed by atoms with Gasteiger partial charge >= 0.3 is 0 Å². The molecule has 1 amide bonds. The average molecular weight is 557 g/mol. The second-order valence-corrected chi connectivity index (χ2v) is 11.0. The smallest absolute Gasteiger partial charge is 0.251 e. The summed E-state index contributed by atoms with van der Waals surface area (Å²) in [5.74, 6) is -0.490. The standard InChI is InChI=1S/C30H28N4O5S/c31-18-22-11-15-27(16-12-22)40(38,39)34(20-26-8-4-5-17-32-26)19-23-9-13-25(14-10-23)30(37)33-28(21-35)29(36)24-6-2-1-3-7-24/h1-17,28-29,35-36H,19-21H2,(H,33,37). The van der Waals surface area contributed by atoms with Gasteiger partial charge in [-0.05, 0) is 59.7 Å². The molecule has 0 aliphatic carbocycles. The number of rotatable bonds is 11. The molecule has 2 atom stereocenters. The lowest BCUT2D eigenvalue weighted by molar-refractivity contribution is 0.0703. The first-order valence-corrected chi connectivity index (χ1v) is 13.9. The summed E-state index contributed by atoms with van der Waals surface area (Å²) in [6, 6.07) is 27.1. The van der Waals surface area contributed by atoms with Gasteiger partial charge in [-0.3, -0.25) is 9.78 Å². The van der Waals surface area contributed by atoms with E-state index in [0.717, 1.165) is 0 Å². The minimum atomic E-state index is -3.96. The highest BCUT2D eigenvalue weighted by molar-refractivity contribution is 7.89. The predicted molar refractivity (Wildman–Crippen MR) is 148 cm³/mol. The molecule has 1 heterocycles. The van der Waals surface area contributed by atoms with E-state index in [1.165, 1.54) is 28.6 Å². The van der Waals surface area contributed by atoms with Gasteiger partial charge < -0.3 is 15.5 Å². The van der Waals surface area contributed by atoms with Gasteiger partial charge in [0.2, 0.25) is 10.0 Å². The molecule has 2 unspecified atom stereocenters. The SMILES string of the molecule is N#Cc1ccc(S(=O)(=O)N(Cc2ccc(C(=O)NC(CO)C(O)c3ccccc3)cc2)Cc2ccccn2)cc1. The van der Waals surface area contributed by atoms with E-state index in [4.69, 9.17) is 5.26 Å². The summed E-state index contributed by atoms with van der Waals surface area (Å²) in [4.78, 5) is 17.2. The number of nitriles is 1. The van der Waals surface area contributed by atoms with Gasteiger partial charge in [-0.25, -0.2) is 8.42 Å². The second-order valence-electron chi connectivity index (χ2n) is 9.05. The van der Waals surface area contributed by atoms with Gasteiger partial charge in [0, 0.05) is 18.3 Å². The van der Waals surface area contributed by atoms with Crippen molar-refractivity contribution in [3.05, 3.63) is 131 Å². The van der Waals surface area contributed by atoms with Crippen molar-refractivity contribution in [2.45, 2.75) is 30.1 Å². The number of nitrogens with one attached hydrogen (secondary N) is 1. The lowest BCUT2D eigenvalue weighted by Gasteiger charge is -2.23. The molecule has 3 N–H and O–H groups in total. The van der Waals surface area contributed by atoms with Gasteiger partial charge in [0.15, 0.2) is 0 Å². The average Bonchev–Trinajstić information content (AvgIpc) is 3.00. The summed E-state index contributed by atoms with van der Waals surface area (Å²) in [5.41, 5.74) is 2.39. The molecular weight excluding hydrogens is 528 g/mol. The van der Waals surface area contributed by atoms with Crippen molar-refractivity contribution in [1.29, 1.82) is 5.26 Å². The van der Waals surface area contributed by atoms with Gasteiger partial charge in [-0.15, -0.1) is 0 Å². The van der Waals surface area contributed by atoms with E-state index >= 15 is 0 Å². The Hall–Kier alpha value is -4.40. The number of aromatic nitrogens is 1. The number of aliphatic hydroxyl groups excluding tert-OH is 2. The second kappa shape index (κ2) is 13.1. The Morgan fingerprint density at radius 3 is 2.20 bits per heavy atom. The van der Waals surface area contributed by atoms with Crippen molar-refractivity contribution in [2.24, 2.45) is 0 Å². The van der Waals surface area contributed by atoms with Crippen molar-refractivity contribution in [3.63, 3.8) is 0 Å². The molecule has 0 saturated carbocycles. The first kappa shape index (κ1) is 28.6. The molecule has 0 spiro atoms. The quantitative estimate of drug-likeness (QED) is 0.257. The third kappa shape index (κ3) is 6.97. The van der Waals surface area contributed by atoms with Gasteiger partial charge in [0.1, 0.15) is 6.10 Å². The molecule has 9 nitrogen and oxygen atoms in total. The molecule has 3 aromatic carbocycles. The fourth-order valence-corrected chi connectivity index (χ4v) is 5.47. The van der Waals surface area contributed by atoms with E-state index in [1.54, 1.807) is 79.0 Å². The van der Waals surface area contributed by atoms with E-state index in [9.17, 15) is 23.4 Å². The maximum atomic E-state index is 13.6. The van der Waals surface area contributed by atoms with E-state index in [1.807, 2.05) is 6.07 Å². The lowest BCUT2D eigenvalue weighted by atomic mass is 10.0. The Bertz CT molecular complexity index is 1560. The molecule has 0 bridgehead atoms. The van der Waals surface area contributed by atoms with Crippen molar-refractivity contribution >= 4 is 15.9 Å². The predicted octanol–water partition coefficient (Wildman–Crippen LogP) is 3.17.